The van der Waals surface area contributed by atoms with Crippen LogP contribution in [0.2, 0.25) is 0 Å². The summed E-state index contributed by atoms with van der Waals surface area (Å²) in [5, 5.41) is 0. The summed E-state index contributed by atoms with van der Waals surface area (Å²) in [5.41, 5.74) is 3.52. The molecule has 0 aliphatic carbocycles. The maximum atomic E-state index is 13.1. The van der Waals surface area contributed by atoms with Gasteiger partial charge in [0.1, 0.15) is 10.6 Å². The molecule has 1 amide bonds. The van der Waals surface area contributed by atoms with Crippen LogP contribution < -0.4 is 4.84 Å². The molecule has 0 fully saturated rings. The Morgan fingerprint density at radius 2 is 1.47 bits per heavy atom. The van der Waals surface area contributed by atoms with Gasteiger partial charge in [-0.2, -0.15) is 4.73 Å². The minimum atomic E-state index is -0.862. The van der Waals surface area contributed by atoms with E-state index in [1.54, 1.807) is 29.3 Å². The van der Waals surface area contributed by atoms with Gasteiger partial charge in [-0.25, -0.2) is 4.79 Å². The van der Waals surface area contributed by atoms with Crippen LogP contribution in [-0.2, 0) is 9.59 Å². The Morgan fingerprint density at radius 3 is 2.03 bits per heavy atom. The molecule has 0 aliphatic rings. The van der Waals surface area contributed by atoms with Gasteiger partial charge in [0.25, 0.3) is 0 Å². The third-order valence-electron chi connectivity index (χ3n) is 6.10. The van der Waals surface area contributed by atoms with Crippen LogP contribution in [0.5, 0.6) is 0 Å². The molecule has 1 atom stereocenters. The van der Waals surface area contributed by atoms with Gasteiger partial charge in [0.2, 0.25) is 5.91 Å². The summed E-state index contributed by atoms with van der Waals surface area (Å²) < 4.78 is 1.62. The zero-order valence-corrected chi connectivity index (χ0v) is 21.8. The number of hydrogen-bond donors (Lipinski definition) is 0. The zero-order valence-electron chi connectivity index (χ0n) is 21.0. The number of amides is 1. The summed E-state index contributed by atoms with van der Waals surface area (Å²) >= 11 is 5.23. The topological polar surface area (TPSA) is 51.5 Å². The Bertz CT molecular complexity index is 1160. The fraction of sp³-hybridized carbons (Fsp3) is 0.300. The molecule has 0 saturated carbocycles. The van der Waals surface area contributed by atoms with Crippen LogP contribution in [0.25, 0.3) is 5.57 Å². The molecule has 6 heteroatoms. The van der Waals surface area contributed by atoms with Crippen LogP contribution in [0.15, 0.2) is 91.1 Å². The molecular formula is C30H34N2O3S. The lowest BCUT2D eigenvalue weighted by molar-refractivity contribution is -0.156. The smallest absolute Gasteiger partial charge is 0.343 e. The molecule has 1 unspecified atom stereocenters. The first-order chi connectivity index (χ1) is 17.5. The number of benzene rings is 2. The van der Waals surface area contributed by atoms with Gasteiger partial charge in [0, 0.05) is 19.3 Å². The van der Waals surface area contributed by atoms with Crippen molar-refractivity contribution in [3.8, 4) is 0 Å². The average molecular weight is 503 g/mol. The molecule has 1 heterocycles. The van der Waals surface area contributed by atoms with Crippen LogP contribution in [-0.4, -0.2) is 34.6 Å². The summed E-state index contributed by atoms with van der Waals surface area (Å²) in [6, 6.07) is 25.8. The maximum absolute atomic E-state index is 13.1. The second-order valence-electron chi connectivity index (χ2n) is 8.47. The Hall–Kier alpha value is -3.51. The Kier molecular flexibility index (Phi) is 10.6. The van der Waals surface area contributed by atoms with E-state index >= 15 is 0 Å². The van der Waals surface area contributed by atoms with E-state index in [4.69, 9.17) is 17.1 Å². The molecule has 0 aliphatic heterocycles. The van der Waals surface area contributed by atoms with Crippen LogP contribution in [0.4, 0.5) is 0 Å². The third-order valence-corrected chi connectivity index (χ3v) is 6.42. The fourth-order valence-electron chi connectivity index (χ4n) is 4.12. The third kappa shape index (κ3) is 7.49. The van der Waals surface area contributed by atoms with Crippen LogP contribution in [0.1, 0.15) is 50.7 Å². The summed E-state index contributed by atoms with van der Waals surface area (Å²) in [6.45, 7) is 4.92. The minimum Gasteiger partial charge on any atom is -0.343 e. The Balaban J connectivity index is 1.69. The Labute approximate surface area is 219 Å². The molecule has 0 N–H and O–H groups in total. The standard InChI is InChI=1S/C30H34N2O3S/c1-3-31(4-2)29(33)27(30(34)35-32-23-15-14-22-28(32)36)21-13-7-12-20-26(24-16-8-5-9-17-24)25-18-10-6-11-19-25/h5-6,8-11,14-20,22-23,27H,3-4,7,12-13,21H2,1-2H3. The number of carbonyl (C=O) groups is 2. The van der Waals surface area contributed by atoms with E-state index in [-0.39, 0.29) is 5.91 Å². The highest BCUT2D eigenvalue weighted by Crippen LogP contribution is 2.25. The number of aromatic nitrogens is 1. The number of hydrogen-bond acceptors (Lipinski definition) is 4. The van der Waals surface area contributed by atoms with Crippen LogP contribution in [0.3, 0.4) is 0 Å². The Morgan fingerprint density at radius 1 is 0.889 bits per heavy atom. The van der Waals surface area contributed by atoms with Crippen molar-refractivity contribution in [1.82, 2.24) is 9.63 Å². The lowest BCUT2D eigenvalue weighted by Crippen LogP contribution is -2.42. The number of unbranched alkanes of at least 4 members (excludes halogenated alkanes) is 2. The van der Waals surface area contributed by atoms with Crippen molar-refractivity contribution in [3.05, 3.63) is 107 Å². The first-order valence-corrected chi connectivity index (χ1v) is 13.0. The van der Waals surface area contributed by atoms with Crippen molar-refractivity contribution in [3.63, 3.8) is 0 Å². The van der Waals surface area contributed by atoms with Crippen molar-refractivity contribution in [2.75, 3.05) is 13.1 Å². The lowest BCUT2D eigenvalue weighted by atomic mass is 9.95. The monoisotopic (exact) mass is 502 g/mol. The second kappa shape index (κ2) is 14.1. The van der Waals surface area contributed by atoms with E-state index in [1.807, 2.05) is 50.2 Å². The van der Waals surface area contributed by atoms with Crippen molar-refractivity contribution in [2.45, 2.75) is 39.5 Å². The molecular weight excluding hydrogens is 468 g/mol. The molecule has 0 radical (unpaired) electrons. The molecule has 0 bridgehead atoms. The average Bonchev–Trinajstić information content (AvgIpc) is 2.91. The number of allylic oxidation sites excluding steroid dienone is 1. The van der Waals surface area contributed by atoms with Crippen molar-refractivity contribution < 1.29 is 14.4 Å². The van der Waals surface area contributed by atoms with E-state index in [9.17, 15) is 9.59 Å². The van der Waals surface area contributed by atoms with Gasteiger partial charge in [-0.05, 0) is 61.9 Å². The quantitative estimate of drug-likeness (QED) is 0.165. The largest absolute Gasteiger partial charge is 0.345 e. The fourth-order valence-corrected chi connectivity index (χ4v) is 4.30. The number of carbonyl (C=O) groups excluding carboxylic acids is 2. The summed E-state index contributed by atoms with van der Waals surface area (Å²) in [4.78, 5) is 33.4. The SMILES string of the molecule is CCN(CC)C(=O)C(CCCCC=C(c1ccccc1)c1ccccc1)C(=O)On1ccccc1=S. The summed E-state index contributed by atoms with van der Waals surface area (Å²) in [6.07, 6.45) is 6.66. The van der Waals surface area contributed by atoms with Crippen LogP contribution >= 0.6 is 12.2 Å². The number of pyridine rings is 1. The second-order valence-corrected chi connectivity index (χ2v) is 8.89. The van der Waals surface area contributed by atoms with Gasteiger partial charge in [-0.3, -0.25) is 4.79 Å². The molecule has 2 aromatic carbocycles. The highest BCUT2D eigenvalue weighted by molar-refractivity contribution is 7.71. The van der Waals surface area contributed by atoms with Gasteiger partial charge in [0.05, 0.1) is 0 Å². The number of rotatable bonds is 12. The van der Waals surface area contributed by atoms with E-state index in [1.165, 1.54) is 21.4 Å². The molecule has 0 spiro atoms. The normalized spacial score (nSPS) is 11.4. The van der Waals surface area contributed by atoms with E-state index in [0.29, 0.717) is 24.2 Å². The first-order valence-electron chi connectivity index (χ1n) is 12.5. The van der Waals surface area contributed by atoms with E-state index in [2.05, 4.69) is 30.3 Å². The van der Waals surface area contributed by atoms with Gasteiger partial charge in [-0.15, -0.1) is 0 Å². The highest BCUT2D eigenvalue weighted by atomic mass is 32.1. The maximum Gasteiger partial charge on any atom is 0.345 e. The lowest BCUT2D eigenvalue weighted by Gasteiger charge is -2.24. The highest BCUT2D eigenvalue weighted by Gasteiger charge is 2.31. The molecule has 188 valence electrons. The van der Waals surface area contributed by atoms with Gasteiger partial charge >= 0.3 is 5.97 Å². The zero-order chi connectivity index (χ0) is 25.8. The predicted molar refractivity (Wildman–Crippen MR) is 147 cm³/mol. The minimum absolute atomic E-state index is 0.197. The predicted octanol–water partition coefficient (Wildman–Crippen LogP) is 6.35. The van der Waals surface area contributed by atoms with Crippen molar-refractivity contribution in [2.24, 2.45) is 5.92 Å². The van der Waals surface area contributed by atoms with Gasteiger partial charge in [-0.1, -0.05) is 91.4 Å². The van der Waals surface area contributed by atoms with E-state index < -0.39 is 11.9 Å². The molecule has 36 heavy (non-hydrogen) atoms. The summed E-state index contributed by atoms with van der Waals surface area (Å²) in [5.74, 6) is -1.63. The van der Waals surface area contributed by atoms with Gasteiger partial charge in [0.15, 0.2) is 0 Å². The first kappa shape index (κ1) is 27.1. The molecule has 1 aromatic heterocycles. The van der Waals surface area contributed by atoms with Gasteiger partial charge < -0.3 is 9.74 Å². The summed E-state index contributed by atoms with van der Waals surface area (Å²) in [7, 11) is 0. The molecule has 3 aromatic rings. The van der Waals surface area contributed by atoms with Crippen molar-refractivity contribution in [1.29, 1.82) is 0 Å². The van der Waals surface area contributed by atoms with E-state index in [0.717, 1.165) is 19.3 Å². The van der Waals surface area contributed by atoms with Crippen LogP contribution in [0, 0.1) is 10.6 Å². The number of nitrogens with zero attached hydrogens (tertiary/aromatic N) is 2. The molecule has 0 saturated heterocycles. The molecule has 5 nitrogen and oxygen atoms in total. The molecule has 3 rings (SSSR count). The van der Waals surface area contributed by atoms with Crippen molar-refractivity contribution >= 4 is 29.7 Å².